The van der Waals surface area contributed by atoms with Crippen LogP contribution in [0, 0.1) is 6.92 Å². The molecule has 3 aromatic rings. The SMILES string of the molecule is COc1ccc(CNC(=O)COc2ccc(S(=O)(=O)Nc3ccc(OC)cc3)cc2C)cc1. The van der Waals surface area contributed by atoms with Crippen molar-refractivity contribution in [3.05, 3.63) is 77.9 Å². The van der Waals surface area contributed by atoms with Gasteiger partial charge in [-0.3, -0.25) is 9.52 Å². The monoisotopic (exact) mass is 470 g/mol. The second kappa shape index (κ2) is 10.7. The van der Waals surface area contributed by atoms with Crippen LogP contribution < -0.4 is 24.2 Å². The molecule has 0 aliphatic rings. The third kappa shape index (κ3) is 6.63. The number of sulfonamides is 1. The van der Waals surface area contributed by atoms with Crippen molar-refractivity contribution in [2.24, 2.45) is 0 Å². The van der Waals surface area contributed by atoms with Gasteiger partial charge in [-0.15, -0.1) is 0 Å². The second-order valence-electron chi connectivity index (χ2n) is 7.17. The summed E-state index contributed by atoms with van der Waals surface area (Å²) in [7, 11) is -0.652. The van der Waals surface area contributed by atoms with Crippen molar-refractivity contribution in [2.45, 2.75) is 18.4 Å². The lowest BCUT2D eigenvalue weighted by Crippen LogP contribution is -2.28. The Morgan fingerprint density at radius 1 is 0.879 bits per heavy atom. The minimum absolute atomic E-state index is 0.0899. The molecule has 2 N–H and O–H groups in total. The first-order chi connectivity index (χ1) is 15.8. The van der Waals surface area contributed by atoms with E-state index in [1.54, 1.807) is 38.3 Å². The predicted molar refractivity (Wildman–Crippen MR) is 125 cm³/mol. The number of methoxy groups -OCH3 is 2. The zero-order chi connectivity index (χ0) is 23.8. The Balaban J connectivity index is 1.56. The predicted octanol–water partition coefficient (Wildman–Crippen LogP) is 3.51. The minimum Gasteiger partial charge on any atom is -0.497 e. The van der Waals surface area contributed by atoms with Crippen LogP contribution in [0.2, 0.25) is 0 Å². The zero-order valence-corrected chi connectivity index (χ0v) is 19.4. The summed E-state index contributed by atoms with van der Waals surface area (Å²) in [5.41, 5.74) is 1.94. The van der Waals surface area contributed by atoms with Gasteiger partial charge in [-0.25, -0.2) is 8.42 Å². The van der Waals surface area contributed by atoms with Gasteiger partial charge in [0.1, 0.15) is 17.2 Å². The molecule has 1 amide bonds. The molecule has 8 nitrogen and oxygen atoms in total. The van der Waals surface area contributed by atoms with Crippen LogP contribution in [0.5, 0.6) is 17.2 Å². The van der Waals surface area contributed by atoms with Crippen LogP contribution in [0.4, 0.5) is 5.69 Å². The van der Waals surface area contributed by atoms with Crippen molar-refractivity contribution < 1.29 is 27.4 Å². The number of hydrogen-bond donors (Lipinski definition) is 2. The van der Waals surface area contributed by atoms with Crippen molar-refractivity contribution in [1.29, 1.82) is 0 Å². The molecule has 0 radical (unpaired) electrons. The highest BCUT2D eigenvalue weighted by Gasteiger charge is 2.16. The Kier molecular flexibility index (Phi) is 7.78. The highest BCUT2D eigenvalue weighted by molar-refractivity contribution is 7.92. The summed E-state index contributed by atoms with van der Waals surface area (Å²) < 4.78 is 43.7. The minimum atomic E-state index is -3.78. The first-order valence-corrected chi connectivity index (χ1v) is 11.6. The Labute approximate surface area is 193 Å². The zero-order valence-electron chi connectivity index (χ0n) is 18.6. The molecule has 0 heterocycles. The Morgan fingerprint density at radius 2 is 1.48 bits per heavy atom. The average Bonchev–Trinajstić information content (AvgIpc) is 2.82. The first kappa shape index (κ1) is 23.9. The lowest BCUT2D eigenvalue weighted by molar-refractivity contribution is -0.123. The van der Waals surface area contributed by atoms with E-state index >= 15 is 0 Å². The summed E-state index contributed by atoms with van der Waals surface area (Å²) in [5, 5.41) is 2.78. The van der Waals surface area contributed by atoms with E-state index in [0.717, 1.165) is 11.3 Å². The summed E-state index contributed by atoms with van der Waals surface area (Å²) in [6.07, 6.45) is 0. The molecule has 33 heavy (non-hydrogen) atoms. The summed E-state index contributed by atoms with van der Waals surface area (Å²) in [6.45, 7) is 1.89. The van der Waals surface area contributed by atoms with Gasteiger partial charge in [0.25, 0.3) is 15.9 Å². The molecule has 0 atom stereocenters. The van der Waals surface area contributed by atoms with Crippen LogP contribution in [-0.2, 0) is 21.4 Å². The van der Waals surface area contributed by atoms with Crippen LogP contribution in [-0.4, -0.2) is 35.2 Å². The van der Waals surface area contributed by atoms with Gasteiger partial charge in [0, 0.05) is 12.2 Å². The molecule has 0 unspecified atom stereocenters. The van der Waals surface area contributed by atoms with Crippen molar-refractivity contribution >= 4 is 21.6 Å². The Bertz CT molecular complexity index is 1190. The number of nitrogens with one attached hydrogen (secondary N) is 2. The van der Waals surface area contributed by atoms with E-state index in [1.165, 1.54) is 25.3 Å². The average molecular weight is 471 g/mol. The van der Waals surface area contributed by atoms with Gasteiger partial charge in [0.2, 0.25) is 0 Å². The molecular formula is C24H26N2O6S. The molecular weight excluding hydrogens is 444 g/mol. The third-order valence-electron chi connectivity index (χ3n) is 4.81. The fraction of sp³-hybridized carbons (Fsp3) is 0.208. The van der Waals surface area contributed by atoms with Crippen molar-refractivity contribution in [3.63, 3.8) is 0 Å². The van der Waals surface area contributed by atoms with E-state index < -0.39 is 10.0 Å². The molecule has 0 saturated carbocycles. The molecule has 0 bridgehead atoms. The van der Waals surface area contributed by atoms with Gasteiger partial charge in [0.05, 0.1) is 19.1 Å². The molecule has 0 spiro atoms. The molecule has 0 aliphatic heterocycles. The molecule has 0 aromatic heterocycles. The number of aryl methyl sites for hydroxylation is 1. The van der Waals surface area contributed by atoms with Crippen molar-refractivity contribution in [2.75, 3.05) is 25.5 Å². The Hall–Kier alpha value is -3.72. The standard InChI is InChI=1S/C24H26N2O6S/c1-17-14-22(33(28,29)26-19-6-10-21(31-3)11-7-19)12-13-23(17)32-16-24(27)25-15-18-4-8-20(30-2)9-5-18/h4-14,26H,15-16H2,1-3H3,(H,25,27). The lowest BCUT2D eigenvalue weighted by atomic mass is 10.2. The van der Waals surface area contributed by atoms with E-state index in [0.29, 0.717) is 29.3 Å². The van der Waals surface area contributed by atoms with Crippen LogP contribution in [0.1, 0.15) is 11.1 Å². The van der Waals surface area contributed by atoms with Gasteiger partial charge < -0.3 is 19.5 Å². The fourth-order valence-corrected chi connectivity index (χ4v) is 4.11. The molecule has 0 fully saturated rings. The highest BCUT2D eigenvalue weighted by Crippen LogP contribution is 2.24. The number of ether oxygens (including phenoxy) is 3. The Morgan fingerprint density at radius 3 is 2.06 bits per heavy atom. The van der Waals surface area contributed by atoms with Gasteiger partial charge in [-0.2, -0.15) is 0 Å². The molecule has 0 aliphatic carbocycles. The van der Waals surface area contributed by atoms with E-state index in [4.69, 9.17) is 14.2 Å². The maximum atomic E-state index is 12.7. The molecule has 0 saturated heterocycles. The fourth-order valence-electron chi connectivity index (χ4n) is 2.96. The van der Waals surface area contributed by atoms with Gasteiger partial charge in [0.15, 0.2) is 6.61 Å². The number of benzene rings is 3. The largest absolute Gasteiger partial charge is 0.497 e. The molecule has 3 rings (SSSR count). The number of carbonyl (C=O) groups excluding carboxylic acids is 1. The van der Waals surface area contributed by atoms with Crippen molar-refractivity contribution in [3.8, 4) is 17.2 Å². The summed E-state index contributed by atoms with van der Waals surface area (Å²) in [6, 6.07) is 18.4. The molecule has 3 aromatic carbocycles. The van der Waals surface area contributed by atoms with Crippen LogP contribution >= 0.6 is 0 Å². The maximum Gasteiger partial charge on any atom is 0.261 e. The second-order valence-corrected chi connectivity index (χ2v) is 8.86. The van der Waals surface area contributed by atoms with E-state index in [9.17, 15) is 13.2 Å². The van der Waals surface area contributed by atoms with Gasteiger partial charge >= 0.3 is 0 Å². The summed E-state index contributed by atoms with van der Waals surface area (Å²) in [4.78, 5) is 12.2. The normalized spacial score (nSPS) is 10.9. The molecule has 174 valence electrons. The van der Waals surface area contributed by atoms with E-state index in [-0.39, 0.29) is 17.4 Å². The number of hydrogen-bond acceptors (Lipinski definition) is 6. The lowest BCUT2D eigenvalue weighted by Gasteiger charge is -2.13. The number of rotatable bonds is 10. The number of amides is 1. The van der Waals surface area contributed by atoms with Gasteiger partial charge in [-0.1, -0.05) is 12.1 Å². The highest BCUT2D eigenvalue weighted by atomic mass is 32.2. The van der Waals surface area contributed by atoms with Crippen LogP contribution in [0.15, 0.2) is 71.6 Å². The third-order valence-corrected chi connectivity index (χ3v) is 6.19. The summed E-state index contributed by atoms with van der Waals surface area (Å²) >= 11 is 0. The van der Waals surface area contributed by atoms with Crippen LogP contribution in [0.25, 0.3) is 0 Å². The summed E-state index contributed by atoms with van der Waals surface area (Å²) in [5.74, 6) is 1.51. The van der Waals surface area contributed by atoms with Crippen molar-refractivity contribution in [1.82, 2.24) is 5.32 Å². The maximum absolute atomic E-state index is 12.7. The number of anilines is 1. The van der Waals surface area contributed by atoms with Gasteiger partial charge in [-0.05, 0) is 72.6 Å². The van der Waals surface area contributed by atoms with E-state index in [2.05, 4.69) is 10.0 Å². The smallest absolute Gasteiger partial charge is 0.261 e. The number of carbonyl (C=O) groups is 1. The van der Waals surface area contributed by atoms with Crippen LogP contribution in [0.3, 0.4) is 0 Å². The first-order valence-electron chi connectivity index (χ1n) is 10.1. The quantitative estimate of drug-likeness (QED) is 0.470. The molecule has 9 heteroatoms. The topological polar surface area (TPSA) is 103 Å². The van der Waals surface area contributed by atoms with E-state index in [1.807, 2.05) is 24.3 Å².